The first-order valence-electron chi connectivity index (χ1n) is 15.7. The van der Waals surface area contributed by atoms with Gasteiger partial charge in [0.2, 0.25) is 5.91 Å². The smallest absolute Gasteiger partial charge is 0.317 e. The van der Waals surface area contributed by atoms with Crippen LogP contribution in [0.2, 0.25) is 5.02 Å². The number of carbonyl (C=O) groups excluding carboxylic acids is 2. The monoisotopic (exact) mass is 594 g/mol. The van der Waals surface area contributed by atoms with Crippen LogP contribution in [-0.4, -0.2) is 63.3 Å². The van der Waals surface area contributed by atoms with Crippen molar-refractivity contribution in [3.8, 4) is 0 Å². The van der Waals surface area contributed by atoms with Crippen molar-refractivity contribution in [2.24, 2.45) is 17.8 Å². The summed E-state index contributed by atoms with van der Waals surface area (Å²) in [7, 11) is 3.59. The minimum absolute atomic E-state index is 0.0330. The summed E-state index contributed by atoms with van der Waals surface area (Å²) in [5.74, 6) is -0.456. The van der Waals surface area contributed by atoms with Crippen molar-refractivity contribution in [3.63, 3.8) is 0 Å². The van der Waals surface area contributed by atoms with Crippen molar-refractivity contribution < 1.29 is 18.7 Å². The molecule has 1 aliphatic heterocycles. The van der Waals surface area contributed by atoms with Crippen LogP contribution in [0, 0.1) is 23.6 Å². The molecule has 7 nitrogen and oxygen atoms in total. The minimum Gasteiger partial charge on any atom is -0.385 e. The highest BCUT2D eigenvalue weighted by molar-refractivity contribution is 6.30. The molecule has 1 aromatic carbocycles. The molecule has 1 saturated heterocycles. The maximum atomic E-state index is 15.8. The van der Waals surface area contributed by atoms with E-state index in [1.807, 2.05) is 25.8 Å². The second kappa shape index (κ2) is 16.7. The maximum Gasteiger partial charge on any atom is 0.317 e. The van der Waals surface area contributed by atoms with E-state index in [0.717, 1.165) is 38.6 Å². The summed E-state index contributed by atoms with van der Waals surface area (Å²) in [6.07, 6.45) is 10.9. The van der Waals surface area contributed by atoms with Crippen molar-refractivity contribution in [1.29, 1.82) is 0 Å². The van der Waals surface area contributed by atoms with Gasteiger partial charge in [-0.2, -0.15) is 0 Å². The number of benzene rings is 1. The van der Waals surface area contributed by atoms with Crippen LogP contribution in [0.15, 0.2) is 18.2 Å². The number of carbonyl (C=O) groups is 2. The number of likely N-dealkylation sites (N-methyl/N-ethyl adjacent to an activating group) is 1. The Morgan fingerprint density at radius 2 is 1.90 bits per heavy atom. The lowest BCUT2D eigenvalue weighted by atomic mass is 9.70. The molecule has 3 amide bonds. The second-order valence-electron chi connectivity index (χ2n) is 12.4. The van der Waals surface area contributed by atoms with Crippen molar-refractivity contribution in [1.82, 2.24) is 20.9 Å². The molecular formula is C32H52ClFN4O3. The van der Waals surface area contributed by atoms with Gasteiger partial charge in [0.1, 0.15) is 5.82 Å². The topological polar surface area (TPSA) is 82.7 Å². The Morgan fingerprint density at radius 3 is 2.59 bits per heavy atom. The number of nitrogens with zero attached hydrogens (tertiary/aromatic N) is 1. The number of unbranched alkanes of at least 4 members (excludes halogenated alkanes) is 1. The highest BCUT2D eigenvalue weighted by atomic mass is 35.5. The number of amides is 3. The summed E-state index contributed by atoms with van der Waals surface area (Å²) < 4.78 is 21.1. The fourth-order valence-electron chi connectivity index (χ4n) is 6.75. The van der Waals surface area contributed by atoms with Gasteiger partial charge in [-0.05, 0) is 57.6 Å². The molecule has 0 spiro atoms. The van der Waals surface area contributed by atoms with Crippen molar-refractivity contribution >= 4 is 23.5 Å². The van der Waals surface area contributed by atoms with Gasteiger partial charge < -0.3 is 25.6 Å². The van der Waals surface area contributed by atoms with Gasteiger partial charge in [-0.3, -0.25) is 4.79 Å². The van der Waals surface area contributed by atoms with Gasteiger partial charge in [-0.25, -0.2) is 9.18 Å². The highest BCUT2D eigenvalue weighted by Crippen LogP contribution is 2.42. The highest BCUT2D eigenvalue weighted by Gasteiger charge is 2.46. The molecule has 0 unspecified atom stereocenters. The van der Waals surface area contributed by atoms with Crippen LogP contribution in [0.3, 0.4) is 0 Å². The molecular weight excluding hydrogens is 543 g/mol. The first kappa shape index (κ1) is 33.6. The SMILES string of the molecule is CNC[C@H](CC1CCCCC1)NC(=O)N1CCC[C@@H]([C@](CCCCOC)(NC(=O)C(C)C)c2cccc(Cl)c2F)C1. The molecule has 1 aliphatic carbocycles. The Morgan fingerprint density at radius 1 is 1.15 bits per heavy atom. The van der Waals surface area contributed by atoms with Gasteiger partial charge in [-0.15, -0.1) is 0 Å². The number of piperidine rings is 1. The Labute approximate surface area is 251 Å². The Kier molecular flexibility index (Phi) is 13.7. The number of urea groups is 1. The number of nitrogens with one attached hydrogen (secondary N) is 3. The summed E-state index contributed by atoms with van der Waals surface area (Å²) in [5.41, 5.74) is -0.607. The predicted octanol–water partition coefficient (Wildman–Crippen LogP) is 6.24. The lowest BCUT2D eigenvalue weighted by Gasteiger charge is -2.47. The van der Waals surface area contributed by atoms with Gasteiger partial charge >= 0.3 is 6.03 Å². The van der Waals surface area contributed by atoms with E-state index in [1.165, 1.54) is 38.2 Å². The molecule has 0 bridgehead atoms. The third kappa shape index (κ3) is 9.29. The lowest BCUT2D eigenvalue weighted by molar-refractivity contribution is -0.127. The maximum absolute atomic E-state index is 15.8. The van der Waals surface area contributed by atoms with Crippen LogP contribution in [0.5, 0.6) is 0 Å². The van der Waals surface area contributed by atoms with E-state index in [1.54, 1.807) is 19.2 Å². The number of rotatable bonds is 14. The van der Waals surface area contributed by atoms with E-state index < -0.39 is 11.4 Å². The predicted molar refractivity (Wildman–Crippen MR) is 164 cm³/mol. The summed E-state index contributed by atoms with van der Waals surface area (Å²) in [5, 5.41) is 9.89. The van der Waals surface area contributed by atoms with Crippen LogP contribution in [0.1, 0.15) is 90.0 Å². The molecule has 41 heavy (non-hydrogen) atoms. The largest absolute Gasteiger partial charge is 0.385 e. The van der Waals surface area contributed by atoms with E-state index in [4.69, 9.17) is 16.3 Å². The summed E-state index contributed by atoms with van der Waals surface area (Å²) >= 11 is 6.30. The van der Waals surface area contributed by atoms with Crippen LogP contribution in [0.4, 0.5) is 9.18 Å². The lowest BCUT2D eigenvalue weighted by Crippen LogP contribution is -2.59. The first-order valence-corrected chi connectivity index (χ1v) is 16.0. The molecule has 2 fully saturated rings. The number of methoxy groups -OCH3 is 1. The van der Waals surface area contributed by atoms with Crippen molar-refractivity contribution in [3.05, 3.63) is 34.6 Å². The van der Waals surface area contributed by atoms with Gasteiger partial charge in [0.25, 0.3) is 0 Å². The first-order chi connectivity index (χ1) is 19.7. The molecule has 3 rings (SSSR count). The van der Waals surface area contributed by atoms with E-state index in [-0.39, 0.29) is 34.8 Å². The van der Waals surface area contributed by atoms with Gasteiger partial charge in [0, 0.05) is 56.8 Å². The second-order valence-corrected chi connectivity index (χ2v) is 12.8. The molecule has 3 N–H and O–H groups in total. The number of hydrogen-bond acceptors (Lipinski definition) is 4. The molecule has 2 aliphatic rings. The van der Waals surface area contributed by atoms with Crippen LogP contribution in [-0.2, 0) is 15.1 Å². The quantitative estimate of drug-likeness (QED) is 0.223. The minimum atomic E-state index is -1.00. The third-order valence-electron chi connectivity index (χ3n) is 9.00. The van der Waals surface area contributed by atoms with E-state index in [2.05, 4.69) is 16.0 Å². The summed E-state index contributed by atoms with van der Waals surface area (Å²) in [6, 6.07) is 4.99. The molecule has 1 saturated carbocycles. The van der Waals surface area contributed by atoms with E-state index >= 15 is 4.39 Å². The molecule has 9 heteroatoms. The van der Waals surface area contributed by atoms with Crippen molar-refractivity contribution in [2.45, 2.75) is 96.1 Å². The number of likely N-dealkylation sites (tertiary alicyclic amines) is 1. The van der Waals surface area contributed by atoms with Gasteiger partial charge in [0.15, 0.2) is 0 Å². The fraction of sp³-hybridized carbons (Fsp3) is 0.750. The van der Waals surface area contributed by atoms with Gasteiger partial charge in [-0.1, -0.05) is 69.7 Å². The normalized spacial score (nSPS) is 20.5. The number of ether oxygens (including phenoxy) is 1. The number of hydrogen-bond donors (Lipinski definition) is 3. The Bertz CT molecular complexity index is 974. The average molecular weight is 595 g/mol. The zero-order valence-electron chi connectivity index (χ0n) is 25.6. The molecule has 0 aromatic heterocycles. The Balaban J connectivity index is 1.88. The molecule has 1 aromatic rings. The van der Waals surface area contributed by atoms with E-state index in [0.29, 0.717) is 37.6 Å². The summed E-state index contributed by atoms with van der Waals surface area (Å²) in [6.45, 7) is 6.05. The molecule has 232 valence electrons. The zero-order chi connectivity index (χ0) is 29.8. The molecule has 3 atom stereocenters. The third-order valence-corrected chi connectivity index (χ3v) is 9.29. The molecule has 0 radical (unpaired) electrons. The van der Waals surface area contributed by atoms with Crippen molar-refractivity contribution in [2.75, 3.05) is 40.4 Å². The zero-order valence-corrected chi connectivity index (χ0v) is 26.3. The standard InChI is InChI=1S/C32H52ClFN4O3/c1-23(2)30(39)37-32(17-8-9-19-41-4,27-15-10-16-28(33)29(27)34)25-14-11-18-38(22-25)31(40)36-26(21-35-3)20-24-12-6-5-7-13-24/h10,15-16,23-26,35H,5-9,11-14,17-22H2,1-4H3,(H,36,40)(H,37,39)/t25-,26+,32+/m1/s1. The van der Waals surface area contributed by atoms with E-state index in [9.17, 15) is 9.59 Å². The van der Waals surface area contributed by atoms with Crippen LogP contribution in [0.25, 0.3) is 0 Å². The number of halogens is 2. The van der Waals surface area contributed by atoms with Crippen LogP contribution < -0.4 is 16.0 Å². The van der Waals surface area contributed by atoms with Crippen LogP contribution >= 0.6 is 11.6 Å². The fourth-order valence-corrected chi connectivity index (χ4v) is 6.92. The average Bonchev–Trinajstić information content (AvgIpc) is 2.96. The van der Waals surface area contributed by atoms with Gasteiger partial charge in [0.05, 0.1) is 10.6 Å². The molecule has 1 heterocycles. The Hall–Kier alpha value is -1.90. The summed E-state index contributed by atoms with van der Waals surface area (Å²) in [4.78, 5) is 28.8.